The van der Waals surface area contributed by atoms with E-state index in [1.807, 2.05) is 6.07 Å². The quantitative estimate of drug-likeness (QED) is 0.680. The summed E-state index contributed by atoms with van der Waals surface area (Å²) in [6.07, 6.45) is 0.828. The first-order valence-electron chi connectivity index (χ1n) is 7.73. The molecular formula is C16H12F3N7O2. The van der Waals surface area contributed by atoms with Gasteiger partial charge in [0, 0.05) is 30.2 Å². The van der Waals surface area contributed by atoms with Gasteiger partial charge in [-0.2, -0.15) is 18.4 Å². The average molecular weight is 391 g/mol. The topological polar surface area (TPSA) is 131 Å². The highest BCUT2D eigenvalue weighted by atomic mass is 19.4. The van der Waals surface area contributed by atoms with Crippen LogP contribution in [-0.4, -0.2) is 38.3 Å². The summed E-state index contributed by atoms with van der Waals surface area (Å²) in [5, 5.41) is 15.1. The van der Waals surface area contributed by atoms with E-state index in [-0.39, 0.29) is 34.9 Å². The SMILES string of the molecule is N#CCc1cnc2c(C(=O)Nc3cnccc3OCC(F)(F)F)c(N)nn2c1. The van der Waals surface area contributed by atoms with E-state index in [4.69, 9.17) is 15.7 Å². The maximum Gasteiger partial charge on any atom is 0.422 e. The summed E-state index contributed by atoms with van der Waals surface area (Å²) in [5.74, 6) is -1.10. The minimum Gasteiger partial charge on any atom is -0.482 e. The van der Waals surface area contributed by atoms with Crippen molar-refractivity contribution in [1.29, 1.82) is 5.26 Å². The number of nitrogens with two attached hydrogens (primary N) is 1. The summed E-state index contributed by atoms with van der Waals surface area (Å²) in [4.78, 5) is 20.5. The molecule has 0 bridgehead atoms. The Morgan fingerprint density at radius 3 is 2.89 bits per heavy atom. The number of nitriles is 1. The molecule has 0 aliphatic rings. The summed E-state index contributed by atoms with van der Waals surface area (Å²) < 4.78 is 43.1. The zero-order chi connectivity index (χ0) is 20.3. The van der Waals surface area contributed by atoms with Crippen LogP contribution in [0.2, 0.25) is 0 Å². The molecule has 0 saturated heterocycles. The van der Waals surface area contributed by atoms with Crippen LogP contribution in [0.15, 0.2) is 30.9 Å². The third-order valence-electron chi connectivity index (χ3n) is 3.48. The minimum atomic E-state index is -4.54. The predicted molar refractivity (Wildman–Crippen MR) is 90.5 cm³/mol. The molecule has 0 aliphatic heterocycles. The van der Waals surface area contributed by atoms with Gasteiger partial charge in [0.2, 0.25) is 0 Å². The molecule has 0 aliphatic carbocycles. The lowest BCUT2D eigenvalue weighted by Gasteiger charge is -2.13. The summed E-state index contributed by atoms with van der Waals surface area (Å²) >= 11 is 0. The first-order chi connectivity index (χ1) is 13.3. The molecular weight excluding hydrogens is 379 g/mol. The van der Waals surface area contributed by atoms with E-state index in [1.165, 1.54) is 29.2 Å². The molecule has 0 unspecified atom stereocenters. The van der Waals surface area contributed by atoms with Crippen LogP contribution in [0, 0.1) is 11.3 Å². The van der Waals surface area contributed by atoms with Crippen molar-refractivity contribution in [3.05, 3.63) is 42.0 Å². The first kappa shape index (κ1) is 18.9. The van der Waals surface area contributed by atoms with Crippen molar-refractivity contribution in [3.8, 4) is 11.8 Å². The Bertz CT molecular complexity index is 1070. The van der Waals surface area contributed by atoms with Crippen molar-refractivity contribution in [1.82, 2.24) is 19.6 Å². The van der Waals surface area contributed by atoms with Crippen molar-refractivity contribution < 1.29 is 22.7 Å². The molecule has 0 atom stereocenters. The Morgan fingerprint density at radius 1 is 1.39 bits per heavy atom. The van der Waals surface area contributed by atoms with E-state index in [2.05, 4.69) is 20.4 Å². The van der Waals surface area contributed by atoms with E-state index in [0.717, 1.165) is 6.20 Å². The number of anilines is 2. The molecule has 0 saturated carbocycles. The molecule has 3 heterocycles. The second-order valence-corrected chi connectivity index (χ2v) is 5.56. The Hall–Kier alpha value is -3.88. The number of pyridine rings is 1. The molecule has 3 aromatic heterocycles. The number of rotatable bonds is 5. The highest BCUT2D eigenvalue weighted by Crippen LogP contribution is 2.27. The van der Waals surface area contributed by atoms with Crippen molar-refractivity contribution in [2.75, 3.05) is 17.7 Å². The predicted octanol–water partition coefficient (Wildman–Crippen LogP) is 1.97. The Labute approximate surface area is 155 Å². The summed E-state index contributed by atoms with van der Waals surface area (Å²) in [7, 11) is 0. The van der Waals surface area contributed by atoms with Gasteiger partial charge in [-0.25, -0.2) is 9.50 Å². The van der Waals surface area contributed by atoms with Gasteiger partial charge in [-0.1, -0.05) is 0 Å². The van der Waals surface area contributed by atoms with Gasteiger partial charge >= 0.3 is 6.18 Å². The standard InChI is InChI=1S/C16H12F3N7O2/c17-16(18,19)8-28-11-2-4-22-6-10(11)24-15(27)12-13(21)25-26-7-9(1-3-20)5-23-14(12)26/h2,4-7H,1,8H2,(H2,21,25)(H,24,27). The number of halogens is 3. The van der Waals surface area contributed by atoms with Crippen molar-refractivity contribution in [2.45, 2.75) is 12.6 Å². The largest absolute Gasteiger partial charge is 0.482 e. The first-order valence-corrected chi connectivity index (χ1v) is 7.73. The van der Waals surface area contributed by atoms with Gasteiger partial charge in [-0.05, 0) is 0 Å². The highest BCUT2D eigenvalue weighted by molar-refractivity contribution is 6.11. The molecule has 0 aromatic carbocycles. The Balaban J connectivity index is 1.88. The number of ether oxygens (including phenoxy) is 1. The van der Waals surface area contributed by atoms with Gasteiger partial charge in [0.25, 0.3) is 5.91 Å². The summed E-state index contributed by atoms with van der Waals surface area (Å²) in [6.45, 7) is -1.53. The molecule has 1 amide bonds. The lowest BCUT2D eigenvalue weighted by atomic mass is 10.2. The monoisotopic (exact) mass is 391 g/mol. The maximum absolute atomic E-state index is 12.6. The van der Waals surface area contributed by atoms with Gasteiger partial charge in [-0.15, -0.1) is 5.10 Å². The van der Waals surface area contributed by atoms with Gasteiger partial charge in [0.1, 0.15) is 17.0 Å². The third kappa shape index (κ3) is 4.09. The van der Waals surface area contributed by atoms with E-state index in [0.29, 0.717) is 5.56 Å². The van der Waals surface area contributed by atoms with E-state index >= 15 is 0 Å². The molecule has 144 valence electrons. The average Bonchev–Trinajstić information content (AvgIpc) is 2.95. The number of aromatic nitrogens is 4. The van der Waals surface area contributed by atoms with Gasteiger partial charge < -0.3 is 15.8 Å². The number of alkyl halides is 3. The zero-order valence-corrected chi connectivity index (χ0v) is 14.1. The molecule has 0 spiro atoms. The molecule has 0 fully saturated rings. The second kappa shape index (κ2) is 7.39. The third-order valence-corrected chi connectivity index (χ3v) is 3.48. The van der Waals surface area contributed by atoms with Crippen LogP contribution in [0.4, 0.5) is 24.7 Å². The van der Waals surface area contributed by atoms with Crippen LogP contribution < -0.4 is 15.8 Å². The molecule has 12 heteroatoms. The normalized spacial score (nSPS) is 11.2. The van der Waals surface area contributed by atoms with Crippen molar-refractivity contribution >= 4 is 23.1 Å². The van der Waals surface area contributed by atoms with E-state index < -0.39 is 18.7 Å². The summed E-state index contributed by atoms with van der Waals surface area (Å²) in [5.41, 5.74) is 6.34. The lowest BCUT2D eigenvalue weighted by molar-refractivity contribution is -0.153. The van der Waals surface area contributed by atoms with Crippen LogP contribution in [0.3, 0.4) is 0 Å². The number of nitrogen functional groups attached to an aromatic ring is 1. The Morgan fingerprint density at radius 2 is 2.18 bits per heavy atom. The fourth-order valence-corrected chi connectivity index (χ4v) is 2.34. The number of fused-ring (bicyclic) bond motifs is 1. The fourth-order valence-electron chi connectivity index (χ4n) is 2.34. The lowest BCUT2D eigenvalue weighted by Crippen LogP contribution is -2.20. The van der Waals surface area contributed by atoms with Crippen molar-refractivity contribution in [3.63, 3.8) is 0 Å². The fraction of sp³-hybridized carbons (Fsp3) is 0.188. The van der Waals surface area contributed by atoms with E-state index in [1.54, 1.807) is 0 Å². The van der Waals surface area contributed by atoms with Crippen LogP contribution in [-0.2, 0) is 6.42 Å². The number of nitrogens with zero attached hydrogens (tertiary/aromatic N) is 5. The van der Waals surface area contributed by atoms with Crippen LogP contribution in [0.25, 0.3) is 5.65 Å². The van der Waals surface area contributed by atoms with E-state index in [9.17, 15) is 18.0 Å². The van der Waals surface area contributed by atoms with Crippen LogP contribution >= 0.6 is 0 Å². The van der Waals surface area contributed by atoms with Gasteiger partial charge in [0.05, 0.1) is 18.7 Å². The van der Waals surface area contributed by atoms with Crippen molar-refractivity contribution in [2.24, 2.45) is 0 Å². The smallest absolute Gasteiger partial charge is 0.422 e. The molecule has 3 rings (SSSR count). The number of amides is 1. The molecule has 0 radical (unpaired) electrons. The van der Waals surface area contributed by atoms with Crippen LogP contribution in [0.1, 0.15) is 15.9 Å². The molecule has 9 nitrogen and oxygen atoms in total. The minimum absolute atomic E-state index is 0.0726. The number of carbonyl (C=O) groups is 1. The van der Waals surface area contributed by atoms with Gasteiger partial charge in [0.15, 0.2) is 18.1 Å². The Kier molecular flexibility index (Phi) is 4.99. The number of nitrogens with one attached hydrogen (secondary N) is 1. The molecule has 3 N–H and O–H groups in total. The van der Waals surface area contributed by atoms with Crippen LogP contribution in [0.5, 0.6) is 5.75 Å². The highest BCUT2D eigenvalue weighted by Gasteiger charge is 2.29. The maximum atomic E-state index is 12.6. The summed E-state index contributed by atoms with van der Waals surface area (Å²) in [6, 6.07) is 3.15. The second-order valence-electron chi connectivity index (χ2n) is 5.56. The number of hydrogen-bond acceptors (Lipinski definition) is 7. The zero-order valence-electron chi connectivity index (χ0n) is 14.1. The molecule has 28 heavy (non-hydrogen) atoms. The number of carbonyl (C=O) groups excluding carboxylic acids is 1. The molecule has 3 aromatic rings. The number of hydrogen-bond donors (Lipinski definition) is 2. The van der Waals surface area contributed by atoms with Gasteiger partial charge in [-0.3, -0.25) is 9.78 Å².